The lowest BCUT2D eigenvalue weighted by molar-refractivity contribution is 0.397. The number of pyridine rings is 1. The number of nitrogens with one attached hydrogen (secondary N) is 2. The fourth-order valence-electron chi connectivity index (χ4n) is 2.19. The summed E-state index contributed by atoms with van der Waals surface area (Å²) in [5, 5.41) is 7.37. The molecule has 1 aromatic heterocycles. The monoisotopic (exact) mass is 346 g/mol. The number of ether oxygens (including phenoxy) is 1. The molecule has 0 atom stereocenters. The van der Waals surface area contributed by atoms with E-state index in [-0.39, 0.29) is 0 Å². The number of benzene rings is 1. The second-order valence-corrected chi connectivity index (χ2v) is 5.58. The topological polar surface area (TPSA) is 58.5 Å². The maximum Gasteiger partial charge on any atom is 0.213 e. The highest BCUT2D eigenvalue weighted by molar-refractivity contribution is 6.31. The van der Waals surface area contributed by atoms with Gasteiger partial charge in [-0.15, -0.1) is 0 Å². The lowest BCUT2D eigenvalue weighted by Gasteiger charge is -2.12. The lowest BCUT2D eigenvalue weighted by atomic mass is 10.1. The Bertz CT molecular complexity index is 676. The zero-order valence-corrected chi connectivity index (χ0v) is 14.8. The van der Waals surface area contributed by atoms with Crippen LogP contribution in [0.25, 0.3) is 0 Å². The summed E-state index contributed by atoms with van der Waals surface area (Å²) in [5.41, 5.74) is 2.17. The molecule has 128 valence electrons. The van der Waals surface area contributed by atoms with Crippen LogP contribution in [0.1, 0.15) is 18.1 Å². The van der Waals surface area contributed by atoms with E-state index >= 15 is 0 Å². The molecule has 0 saturated carbocycles. The van der Waals surface area contributed by atoms with Crippen molar-refractivity contribution in [3.63, 3.8) is 0 Å². The predicted molar refractivity (Wildman–Crippen MR) is 98.8 cm³/mol. The van der Waals surface area contributed by atoms with Gasteiger partial charge >= 0.3 is 0 Å². The molecule has 1 heterocycles. The molecule has 0 aliphatic carbocycles. The number of rotatable bonds is 7. The standard InChI is InChI=1S/C18H23ClN4O/c1-3-20-18(22-11-9-15-6-4-5-7-16(15)19)23-13-14-8-10-21-17(12-14)24-2/h4-8,10,12H,3,9,11,13H2,1-2H3,(H2,20,22,23). The lowest BCUT2D eigenvalue weighted by Crippen LogP contribution is -2.38. The molecule has 0 spiro atoms. The van der Waals surface area contributed by atoms with Gasteiger partial charge in [-0.1, -0.05) is 29.8 Å². The molecule has 24 heavy (non-hydrogen) atoms. The van der Waals surface area contributed by atoms with Crippen LogP contribution in [0, 0.1) is 0 Å². The van der Waals surface area contributed by atoms with Crippen LogP contribution in [0.3, 0.4) is 0 Å². The molecule has 0 aliphatic rings. The van der Waals surface area contributed by atoms with Crippen LogP contribution in [0.15, 0.2) is 47.6 Å². The molecule has 0 aliphatic heterocycles. The first-order valence-corrected chi connectivity index (χ1v) is 8.35. The van der Waals surface area contributed by atoms with Crippen LogP contribution >= 0.6 is 11.6 Å². The van der Waals surface area contributed by atoms with Gasteiger partial charge in [0.2, 0.25) is 5.88 Å². The Hall–Kier alpha value is -2.27. The summed E-state index contributed by atoms with van der Waals surface area (Å²) in [6.45, 7) is 4.16. The largest absolute Gasteiger partial charge is 0.481 e. The molecule has 0 amide bonds. The first-order valence-electron chi connectivity index (χ1n) is 7.97. The van der Waals surface area contributed by atoms with Gasteiger partial charge in [-0.2, -0.15) is 0 Å². The molecule has 0 radical (unpaired) electrons. The van der Waals surface area contributed by atoms with Crippen molar-refractivity contribution in [3.8, 4) is 5.88 Å². The molecule has 0 bridgehead atoms. The van der Waals surface area contributed by atoms with E-state index in [9.17, 15) is 0 Å². The van der Waals surface area contributed by atoms with Gasteiger partial charge < -0.3 is 15.4 Å². The molecule has 2 aromatic rings. The van der Waals surface area contributed by atoms with Gasteiger partial charge in [0.25, 0.3) is 0 Å². The summed E-state index contributed by atoms with van der Waals surface area (Å²) in [6, 6.07) is 11.7. The minimum Gasteiger partial charge on any atom is -0.481 e. The Morgan fingerprint density at radius 3 is 2.83 bits per heavy atom. The van der Waals surface area contributed by atoms with E-state index in [4.69, 9.17) is 16.3 Å². The van der Waals surface area contributed by atoms with E-state index in [0.717, 1.165) is 41.6 Å². The molecule has 0 unspecified atom stereocenters. The van der Waals surface area contributed by atoms with Gasteiger partial charge in [0.05, 0.1) is 13.7 Å². The van der Waals surface area contributed by atoms with Crippen molar-refractivity contribution in [2.24, 2.45) is 4.99 Å². The highest BCUT2D eigenvalue weighted by Gasteiger charge is 2.02. The number of guanidine groups is 1. The number of hydrogen-bond acceptors (Lipinski definition) is 3. The first-order chi connectivity index (χ1) is 11.7. The summed E-state index contributed by atoms with van der Waals surface area (Å²) < 4.78 is 5.13. The highest BCUT2D eigenvalue weighted by Crippen LogP contribution is 2.14. The fraction of sp³-hybridized carbons (Fsp3) is 0.333. The van der Waals surface area contributed by atoms with Gasteiger partial charge in [0.15, 0.2) is 5.96 Å². The third-order valence-corrected chi connectivity index (χ3v) is 3.79. The van der Waals surface area contributed by atoms with Crippen LogP contribution in [-0.4, -0.2) is 31.1 Å². The molecule has 2 rings (SSSR count). The van der Waals surface area contributed by atoms with Gasteiger partial charge in [0, 0.05) is 30.4 Å². The van der Waals surface area contributed by atoms with Crippen LogP contribution in [0.5, 0.6) is 5.88 Å². The number of hydrogen-bond donors (Lipinski definition) is 2. The Kier molecular flexibility index (Phi) is 7.36. The van der Waals surface area contributed by atoms with Crippen LogP contribution < -0.4 is 15.4 Å². The third kappa shape index (κ3) is 5.74. The van der Waals surface area contributed by atoms with E-state index < -0.39 is 0 Å². The van der Waals surface area contributed by atoms with E-state index in [2.05, 4.69) is 20.6 Å². The summed E-state index contributed by atoms with van der Waals surface area (Å²) in [4.78, 5) is 8.69. The van der Waals surface area contributed by atoms with Gasteiger partial charge in [0.1, 0.15) is 0 Å². The quantitative estimate of drug-likeness (QED) is 0.597. The van der Waals surface area contributed by atoms with E-state index in [1.54, 1.807) is 13.3 Å². The van der Waals surface area contributed by atoms with Crippen molar-refractivity contribution in [2.45, 2.75) is 19.9 Å². The summed E-state index contributed by atoms with van der Waals surface area (Å²) in [6.07, 6.45) is 2.56. The van der Waals surface area contributed by atoms with Crippen molar-refractivity contribution in [1.82, 2.24) is 15.6 Å². The smallest absolute Gasteiger partial charge is 0.213 e. The van der Waals surface area contributed by atoms with Gasteiger partial charge in [-0.25, -0.2) is 9.98 Å². The average Bonchev–Trinajstić information content (AvgIpc) is 2.61. The molecule has 0 saturated heterocycles. The number of aliphatic imine (C=N–C) groups is 1. The maximum atomic E-state index is 6.18. The van der Waals surface area contributed by atoms with E-state index in [0.29, 0.717) is 12.4 Å². The molecule has 2 N–H and O–H groups in total. The fourth-order valence-corrected chi connectivity index (χ4v) is 2.42. The summed E-state index contributed by atoms with van der Waals surface area (Å²) >= 11 is 6.18. The Balaban J connectivity index is 1.91. The number of halogens is 1. The first kappa shape index (κ1) is 18.1. The molecule has 6 heteroatoms. The average molecular weight is 347 g/mol. The molecule has 5 nitrogen and oxygen atoms in total. The van der Waals surface area contributed by atoms with Crippen LogP contribution in [0.4, 0.5) is 0 Å². The van der Waals surface area contributed by atoms with Crippen molar-refractivity contribution in [3.05, 3.63) is 58.7 Å². The zero-order valence-electron chi connectivity index (χ0n) is 14.1. The Labute approximate surface area is 148 Å². The van der Waals surface area contributed by atoms with Crippen molar-refractivity contribution in [2.75, 3.05) is 20.2 Å². The van der Waals surface area contributed by atoms with Crippen molar-refractivity contribution in [1.29, 1.82) is 0 Å². The Morgan fingerprint density at radius 2 is 2.08 bits per heavy atom. The molecular formula is C18H23ClN4O. The van der Waals surface area contributed by atoms with Gasteiger partial charge in [-0.3, -0.25) is 0 Å². The maximum absolute atomic E-state index is 6.18. The normalized spacial score (nSPS) is 11.2. The van der Waals surface area contributed by atoms with E-state index in [1.165, 1.54) is 0 Å². The molecule has 1 aromatic carbocycles. The molecule has 0 fully saturated rings. The van der Waals surface area contributed by atoms with Crippen molar-refractivity contribution < 1.29 is 4.74 Å². The number of aromatic nitrogens is 1. The van der Waals surface area contributed by atoms with Crippen LogP contribution in [-0.2, 0) is 13.0 Å². The predicted octanol–water partition coefficient (Wildman–Crippen LogP) is 3.04. The number of nitrogens with zero attached hydrogens (tertiary/aromatic N) is 2. The molecular weight excluding hydrogens is 324 g/mol. The minimum absolute atomic E-state index is 0.556. The third-order valence-electron chi connectivity index (χ3n) is 3.42. The van der Waals surface area contributed by atoms with Gasteiger partial charge in [-0.05, 0) is 36.6 Å². The minimum atomic E-state index is 0.556. The second kappa shape index (κ2) is 9.78. The number of methoxy groups -OCH3 is 1. The Morgan fingerprint density at radius 1 is 1.25 bits per heavy atom. The zero-order chi connectivity index (χ0) is 17.2. The summed E-state index contributed by atoms with van der Waals surface area (Å²) in [5.74, 6) is 1.37. The SMILES string of the molecule is CCNC(=NCc1ccnc(OC)c1)NCCc1ccccc1Cl. The highest BCUT2D eigenvalue weighted by atomic mass is 35.5. The van der Waals surface area contributed by atoms with E-state index in [1.807, 2.05) is 43.3 Å². The second-order valence-electron chi connectivity index (χ2n) is 5.17. The van der Waals surface area contributed by atoms with Crippen LogP contribution in [0.2, 0.25) is 5.02 Å². The van der Waals surface area contributed by atoms with Crippen molar-refractivity contribution >= 4 is 17.6 Å². The summed E-state index contributed by atoms with van der Waals surface area (Å²) in [7, 11) is 1.61.